The minimum Gasteiger partial charge on any atom is -0.355 e. The maximum atomic E-state index is 12.1. The number of hydrogen-bond acceptors (Lipinski definition) is 5. The summed E-state index contributed by atoms with van der Waals surface area (Å²) < 4.78 is 2.27. The molecule has 3 aliphatic rings. The molecule has 2 aliphatic carbocycles. The molecule has 2 heterocycles. The van der Waals surface area contributed by atoms with Crippen molar-refractivity contribution >= 4 is 23.6 Å². The van der Waals surface area contributed by atoms with Crippen molar-refractivity contribution in [1.29, 1.82) is 0 Å². The molecule has 3 fully saturated rings. The first kappa shape index (κ1) is 16.9. The van der Waals surface area contributed by atoms with E-state index in [1.807, 2.05) is 4.90 Å². The number of aromatic nitrogens is 3. The van der Waals surface area contributed by atoms with Crippen LogP contribution in [0.5, 0.6) is 0 Å². The number of carbonyl (C=O) groups excluding carboxylic acids is 2. The van der Waals surface area contributed by atoms with Crippen molar-refractivity contribution in [2.75, 3.05) is 25.4 Å². The zero-order valence-corrected chi connectivity index (χ0v) is 15.3. The normalized spacial score (nSPS) is 20.3. The van der Waals surface area contributed by atoms with Crippen molar-refractivity contribution in [3.8, 4) is 0 Å². The van der Waals surface area contributed by atoms with Crippen LogP contribution in [0.2, 0.25) is 0 Å². The van der Waals surface area contributed by atoms with Crippen molar-refractivity contribution < 1.29 is 9.59 Å². The molecule has 0 atom stereocenters. The van der Waals surface area contributed by atoms with E-state index in [9.17, 15) is 9.59 Å². The van der Waals surface area contributed by atoms with Gasteiger partial charge in [0, 0.05) is 38.0 Å². The van der Waals surface area contributed by atoms with Crippen LogP contribution < -0.4 is 5.32 Å². The Labute approximate surface area is 151 Å². The third-order valence-corrected chi connectivity index (χ3v) is 5.92. The van der Waals surface area contributed by atoms with Gasteiger partial charge >= 0.3 is 0 Å². The molecule has 25 heavy (non-hydrogen) atoms. The van der Waals surface area contributed by atoms with E-state index in [1.165, 1.54) is 37.4 Å². The fourth-order valence-corrected chi connectivity index (χ4v) is 4.14. The van der Waals surface area contributed by atoms with E-state index in [0.717, 1.165) is 36.9 Å². The zero-order chi connectivity index (χ0) is 17.2. The van der Waals surface area contributed by atoms with E-state index in [1.54, 1.807) is 0 Å². The van der Waals surface area contributed by atoms with Gasteiger partial charge in [0.25, 0.3) is 0 Å². The molecule has 8 heteroatoms. The number of hydrogen-bond donors (Lipinski definition) is 1. The molecule has 1 N–H and O–H groups in total. The highest BCUT2D eigenvalue weighted by atomic mass is 32.2. The van der Waals surface area contributed by atoms with Crippen molar-refractivity contribution in [2.45, 2.75) is 62.1 Å². The minimum atomic E-state index is 0.0241. The monoisotopic (exact) mass is 363 g/mol. The Balaban J connectivity index is 1.19. The molecule has 0 radical (unpaired) electrons. The van der Waals surface area contributed by atoms with E-state index >= 15 is 0 Å². The van der Waals surface area contributed by atoms with Crippen LogP contribution in [-0.2, 0) is 9.59 Å². The number of carbonyl (C=O) groups is 2. The van der Waals surface area contributed by atoms with Crippen LogP contribution in [0.1, 0.15) is 62.7 Å². The molecule has 2 amide bonds. The van der Waals surface area contributed by atoms with Crippen LogP contribution in [0, 0.1) is 0 Å². The zero-order valence-electron chi connectivity index (χ0n) is 14.4. The summed E-state index contributed by atoms with van der Waals surface area (Å²) in [5.41, 5.74) is 0. The van der Waals surface area contributed by atoms with Crippen molar-refractivity contribution in [3.05, 3.63) is 5.82 Å². The molecule has 1 aromatic heterocycles. The fraction of sp³-hybridized carbons (Fsp3) is 0.765. The number of nitrogens with zero attached hydrogens (tertiary/aromatic N) is 4. The molecular formula is C17H25N5O2S. The first-order valence-electron chi connectivity index (χ1n) is 9.34. The van der Waals surface area contributed by atoms with Crippen molar-refractivity contribution in [1.82, 2.24) is 25.0 Å². The van der Waals surface area contributed by atoms with E-state index in [2.05, 4.69) is 20.1 Å². The van der Waals surface area contributed by atoms with Crippen LogP contribution in [-0.4, -0.2) is 56.9 Å². The molecular weight excluding hydrogens is 338 g/mol. The molecule has 136 valence electrons. The smallest absolute Gasteiger partial charge is 0.230 e. The van der Waals surface area contributed by atoms with Gasteiger partial charge in [0.1, 0.15) is 5.82 Å². The Morgan fingerprint density at radius 2 is 2.08 bits per heavy atom. The molecule has 1 aliphatic heterocycles. The molecule has 1 saturated heterocycles. The largest absolute Gasteiger partial charge is 0.355 e. The average molecular weight is 363 g/mol. The SMILES string of the molecule is O=C(CSc1nnc(C2CC2)n1C1CC1)NCCCN1CCCC1=O. The molecule has 1 aromatic rings. The second-order valence-electron chi connectivity index (χ2n) is 7.19. The Bertz CT molecular complexity index is 653. The lowest BCUT2D eigenvalue weighted by Crippen LogP contribution is -2.31. The summed E-state index contributed by atoms with van der Waals surface area (Å²) in [5, 5.41) is 12.5. The van der Waals surface area contributed by atoms with Gasteiger partial charge in [-0.15, -0.1) is 10.2 Å². The third-order valence-electron chi connectivity index (χ3n) is 4.98. The van der Waals surface area contributed by atoms with Gasteiger partial charge in [0.15, 0.2) is 5.16 Å². The highest BCUT2D eigenvalue weighted by molar-refractivity contribution is 7.99. The third kappa shape index (κ3) is 4.16. The highest BCUT2D eigenvalue weighted by Gasteiger charge is 2.36. The number of thioether (sulfide) groups is 1. The molecule has 0 aromatic carbocycles. The van der Waals surface area contributed by atoms with Crippen LogP contribution in [0.25, 0.3) is 0 Å². The van der Waals surface area contributed by atoms with Gasteiger partial charge in [-0.25, -0.2) is 0 Å². The van der Waals surface area contributed by atoms with Crippen molar-refractivity contribution in [3.63, 3.8) is 0 Å². The predicted octanol–water partition coefficient (Wildman–Crippen LogP) is 1.71. The summed E-state index contributed by atoms with van der Waals surface area (Å²) in [6, 6.07) is 0.550. The number of likely N-dealkylation sites (tertiary alicyclic amines) is 1. The van der Waals surface area contributed by atoms with E-state index < -0.39 is 0 Å². The first-order valence-corrected chi connectivity index (χ1v) is 10.3. The Morgan fingerprint density at radius 3 is 2.76 bits per heavy atom. The Kier molecular flexibility index (Phi) is 4.96. The van der Waals surface area contributed by atoms with Gasteiger partial charge in [-0.05, 0) is 38.5 Å². The first-order chi connectivity index (χ1) is 12.2. The van der Waals surface area contributed by atoms with Crippen LogP contribution in [0.15, 0.2) is 5.16 Å². The van der Waals surface area contributed by atoms with Gasteiger partial charge in [0.05, 0.1) is 5.75 Å². The van der Waals surface area contributed by atoms with Crippen LogP contribution in [0.4, 0.5) is 0 Å². The van der Waals surface area contributed by atoms with Gasteiger partial charge in [-0.2, -0.15) is 0 Å². The molecule has 0 unspecified atom stereocenters. The molecule has 7 nitrogen and oxygen atoms in total. The molecule has 0 spiro atoms. The fourth-order valence-electron chi connectivity index (χ4n) is 3.30. The van der Waals surface area contributed by atoms with Crippen LogP contribution in [0.3, 0.4) is 0 Å². The highest BCUT2D eigenvalue weighted by Crippen LogP contribution is 2.45. The second-order valence-corrected chi connectivity index (χ2v) is 8.14. The summed E-state index contributed by atoms with van der Waals surface area (Å²) in [6.07, 6.45) is 7.29. The Hall–Kier alpha value is -1.57. The van der Waals surface area contributed by atoms with Crippen molar-refractivity contribution in [2.24, 2.45) is 0 Å². The summed E-state index contributed by atoms with van der Waals surface area (Å²) >= 11 is 1.49. The molecule has 4 rings (SSSR count). The van der Waals surface area contributed by atoms with Gasteiger partial charge in [0.2, 0.25) is 11.8 Å². The standard InChI is InChI=1S/C17H25N5O2S/c23-14(18-8-2-10-21-9-1-3-15(21)24)11-25-17-20-19-16(12-4-5-12)22(17)13-6-7-13/h12-13H,1-11H2,(H,18,23). The predicted molar refractivity (Wildman–Crippen MR) is 94.4 cm³/mol. The lowest BCUT2D eigenvalue weighted by Gasteiger charge is -2.15. The van der Waals surface area contributed by atoms with Gasteiger partial charge in [-0.3, -0.25) is 9.59 Å². The number of rotatable bonds is 9. The Morgan fingerprint density at radius 1 is 1.24 bits per heavy atom. The molecule has 2 saturated carbocycles. The number of amides is 2. The van der Waals surface area contributed by atoms with E-state index in [0.29, 0.717) is 30.7 Å². The topological polar surface area (TPSA) is 80.1 Å². The van der Waals surface area contributed by atoms with Gasteiger partial charge < -0.3 is 14.8 Å². The quantitative estimate of drug-likeness (QED) is 0.534. The maximum Gasteiger partial charge on any atom is 0.230 e. The summed E-state index contributed by atoms with van der Waals surface area (Å²) in [4.78, 5) is 25.5. The molecule has 0 bridgehead atoms. The van der Waals surface area contributed by atoms with E-state index in [-0.39, 0.29) is 11.8 Å². The number of nitrogens with one attached hydrogen (secondary N) is 1. The minimum absolute atomic E-state index is 0.0241. The van der Waals surface area contributed by atoms with Crippen LogP contribution >= 0.6 is 11.8 Å². The average Bonchev–Trinajstić information content (AvgIpc) is 3.54. The summed E-state index contributed by atoms with van der Waals surface area (Å²) in [5.74, 6) is 2.35. The lowest BCUT2D eigenvalue weighted by atomic mass is 10.4. The lowest BCUT2D eigenvalue weighted by molar-refractivity contribution is -0.127. The summed E-state index contributed by atoms with van der Waals surface area (Å²) in [6.45, 7) is 2.22. The maximum absolute atomic E-state index is 12.1. The summed E-state index contributed by atoms with van der Waals surface area (Å²) in [7, 11) is 0. The second kappa shape index (κ2) is 7.35. The van der Waals surface area contributed by atoms with E-state index in [4.69, 9.17) is 0 Å². The van der Waals surface area contributed by atoms with Gasteiger partial charge in [-0.1, -0.05) is 11.8 Å².